The minimum atomic E-state index is -0.744. The molecular formula is C10H13ClFNO2. The van der Waals surface area contributed by atoms with Gasteiger partial charge in [-0.05, 0) is 19.1 Å². The van der Waals surface area contributed by atoms with E-state index in [4.69, 9.17) is 27.2 Å². The zero-order chi connectivity index (χ0) is 11.4. The largest absolute Gasteiger partial charge is 0.489 e. The van der Waals surface area contributed by atoms with Gasteiger partial charge in [-0.25, -0.2) is 4.39 Å². The Morgan fingerprint density at radius 2 is 2.27 bits per heavy atom. The summed E-state index contributed by atoms with van der Waals surface area (Å²) < 4.78 is 18.2. The highest BCUT2D eigenvalue weighted by Gasteiger charge is 2.10. The molecule has 0 aromatic heterocycles. The molecule has 0 saturated carbocycles. The summed E-state index contributed by atoms with van der Waals surface area (Å²) in [5.41, 5.74) is 5.54. The van der Waals surface area contributed by atoms with Gasteiger partial charge in [0.05, 0.1) is 5.02 Å². The molecule has 0 fully saturated rings. The van der Waals surface area contributed by atoms with Crippen LogP contribution in [0, 0.1) is 12.7 Å². The zero-order valence-electron chi connectivity index (χ0n) is 8.34. The molecule has 15 heavy (non-hydrogen) atoms. The molecule has 0 amide bonds. The number of ether oxygens (including phenoxy) is 1. The number of benzene rings is 1. The number of halogens is 2. The molecule has 1 rings (SSSR count). The SMILES string of the molecule is Cc1c(F)ccc(OCC(O)CN)c1Cl. The Morgan fingerprint density at radius 3 is 2.87 bits per heavy atom. The Morgan fingerprint density at radius 1 is 1.60 bits per heavy atom. The Bertz CT molecular complexity index is 346. The van der Waals surface area contributed by atoms with Gasteiger partial charge in [-0.2, -0.15) is 0 Å². The van der Waals surface area contributed by atoms with Crippen LogP contribution in [-0.2, 0) is 0 Å². The predicted octanol–water partition coefficient (Wildman–Crippen LogP) is 1.49. The molecule has 0 saturated heterocycles. The van der Waals surface area contributed by atoms with Crippen LogP contribution < -0.4 is 10.5 Å². The summed E-state index contributed by atoms with van der Waals surface area (Å²) >= 11 is 5.85. The van der Waals surface area contributed by atoms with Crippen molar-refractivity contribution in [2.75, 3.05) is 13.2 Å². The lowest BCUT2D eigenvalue weighted by molar-refractivity contribution is 0.114. The molecular weight excluding hydrogens is 221 g/mol. The van der Waals surface area contributed by atoms with E-state index in [-0.39, 0.29) is 24.0 Å². The van der Waals surface area contributed by atoms with Gasteiger partial charge >= 0.3 is 0 Å². The summed E-state index contributed by atoms with van der Waals surface area (Å²) in [7, 11) is 0. The average Bonchev–Trinajstić information content (AvgIpc) is 2.24. The number of rotatable bonds is 4. The van der Waals surface area contributed by atoms with Crippen molar-refractivity contribution in [3.8, 4) is 5.75 Å². The average molecular weight is 234 g/mol. The number of aliphatic hydroxyl groups excluding tert-OH is 1. The van der Waals surface area contributed by atoms with Gasteiger partial charge < -0.3 is 15.6 Å². The molecule has 0 radical (unpaired) electrons. The van der Waals surface area contributed by atoms with Gasteiger partial charge in [0, 0.05) is 12.1 Å². The molecule has 0 aliphatic heterocycles. The molecule has 3 N–H and O–H groups in total. The highest BCUT2D eigenvalue weighted by molar-refractivity contribution is 6.32. The van der Waals surface area contributed by atoms with Gasteiger partial charge in [0.15, 0.2) is 0 Å². The Hall–Kier alpha value is -0.840. The molecule has 3 nitrogen and oxygen atoms in total. The Labute approximate surface area is 92.6 Å². The van der Waals surface area contributed by atoms with E-state index < -0.39 is 6.10 Å². The van der Waals surface area contributed by atoms with Crippen LogP contribution in [0.5, 0.6) is 5.75 Å². The highest BCUT2D eigenvalue weighted by Crippen LogP contribution is 2.29. The first kappa shape index (κ1) is 12.2. The molecule has 1 aromatic rings. The van der Waals surface area contributed by atoms with Crippen LogP contribution in [0.2, 0.25) is 5.02 Å². The third-order valence-corrected chi connectivity index (χ3v) is 2.46. The van der Waals surface area contributed by atoms with Crippen LogP contribution in [0.25, 0.3) is 0 Å². The van der Waals surface area contributed by atoms with Crippen molar-refractivity contribution in [2.45, 2.75) is 13.0 Å². The Kier molecular flexibility index (Phi) is 4.32. The van der Waals surface area contributed by atoms with Crippen LogP contribution in [0.15, 0.2) is 12.1 Å². The number of hydrogen-bond acceptors (Lipinski definition) is 3. The maximum absolute atomic E-state index is 13.0. The van der Waals surface area contributed by atoms with Gasteiger partial charge in [0.2, 0.25) is 0 Å². The zero-order valence-corrected chi connectivity index (χ0v) is 9.09. The molecule has 1 unspecified atom stereocenters. The van der Waals surface area contributed by atoms with E-state index >= 15 is 0 Å². The predicted molar refractivity (Wildman–Crippen MR) is 56.7 cm³/mol. The quantitative estimate of drug-likeness (QED) is 0.829. The lowest BCUT2D eigenvalue weighted by Crippen LogP contribution is -2.26. The highest BCUT2D eigenvalue weighted by atomic mass is 35.5. The summed E-state index contributed by atoms with van der Waals surface area (Å²) in [5.74, 6) is -0.0326. The van der Waals surface area contributed by atoms with Gasteiger partial charge in [0.1, 0.15) is 24.3 Å². The van der Waals surface area contributed by atoms with E-state index in [1.807, 2.05) is 0 Å². The first-order valence-electron chi connectivity index (χ1n) is 4.51. The van der Waals surface area contributed by atoms with E-state index in [0.717, 1.165) is 0 Å². The van der Waals surface area contributed by atoms with Crippen LogP contribution in [0.1, 0.15) is 5.56 Å². The molecule has 0 bridgehead atoms. The topological polar surface area (TPSA) is 55.5 Å². The molecule has 0 heterocycles. The first-order chi connectivity index (χ1) is 7.06. The van der Waals surface area contributed by atoms with Gasteiger partial charge in [-0.15, -0.1) is 0 Å². The summed E-state index contributed by atoms with van der Waals surface area (Å²) in [6, 6.07) is 2.69. The lowest BCUT2D eigenvalue weighted by atomic mass is 10.2. The third-order valence-electron chi connectivity index (χ3n) is 1.99. The summed E-state index contributed by atoms with van der Waals surface area (Å²) in [5, 5.41) is 9.39. The number of nitrogens with two attached hydrogens (primary N) is 1. The van der Waals surface area contributed by atoms with Gasteiger partial charge in [-0.3, -0.25) is 0 Å². The summed E-state index contributed by atoms with van der Waals surface area (Å²) in [6.07, 6.45) is -0.744. The third kappa shape index (κ3) is 3.06. The normalized spacial score (nSPS) is 12.6. The fourth-order valence-corrected chi connectivity index (χ4v) is 1.21. The molecule has 84 valence electrons. The molecule has 0 spiro atoms. The van der Waals surface area contributed by atoms with Crippen LogP contribution in [0.4, 0.5) is 4.39 Å². The van der Waals surface area contributed by atoms with Crippen molar-refractivity contribution < 1.29 is 14.2 Å². The summed E-state index contributed by atoms with van der Waals surface area (Å²) in [4.78, 5) is 0. The fourth-order valence-electron chi connectivity index (χ4n) is 1.00. The second-order valence-electron chi connectivity index (χ2n) is 3.19. The van der Waals surface area contributed by atoms with Crippen molar-refractivity contribution in [3.63, 3.8) is 0 Å². The molecule has 5 heteroatoms. The van der Waals surface area contributed by atoms with Crippen LogP contribution in [0.3, 0.4) is 0 Å². The Balaban J connectivity index is 2.74. The molecule has 0 aliphatic carbocycles. The molecule has 0 aliphatic rings. The van der Waals surface area contributed by atoms with E-state index in [9.17, 15) is 4.39 Å². The minimum absolute atomic E-state index is 0.0429. The second kappa shape index (κ2) is 5.30. The van der Waals surface area contributed by atoms with Gasteiger partial charge in [-0.1, -0.05) is 11.6 Å². The minimum Gasteiger partial charge on any atom is -0.489 e. The standard InChI is InChI=1S/C10H13ClFNO2/c1-6-8(12)2-3-9(10(6)11)15-5-7(14)4-13/h2-3,7,14H,4-5,13H2,1H3. The van der Waals surface area contributed by atoms with Crippen molar-refractivity contribution in [2.24, 2.45) is 5.73 Å². The molecule has 1 atom stereocenters. The van der Waals surface area contributed by atoms with Crippen molar-refractivity contribution in [1.82, 2.24) is 0 Å². The molecule has 1 aromatic carbocycles. The first-order valence-corrected chi connectivity index (χ1v) is 4.89. The number of hydrogen-bond donors (Lipinski definition) is 2. The van der Waals surface area contributed by atoms with Crippen molar-refractivity contribution >= 4 is 11.6 Å². The summed E-state index contributed by atoms with van der Waals surface area (Å²) in [6.45, 7) is 1.71. The van der Waals surface area contributed by atoms with Crippen LogP contribution in [-0.4, -0.2) is 24.4 Å². The maximum atomic E-state index is 13.0. The monoisotopic (exact) mass is 233 g/mol. The van der Waals surface area contributed by atoms with E-state index in [1.54, 1.807) is 6.92 Å². The van der Waals surface area contributed by atoms with Gasteiger partial charge in [0.25, 0.3) is 0 Å². The van der Waals surface area contributed by atoms with E-state index in [2.05, 4.69) is 0 Å². The number of aliphatic hydroxyl groups is 1. The van der Waals surface area contributed by atoms with Crippen molar-refractivity contribution in [3.05, 3.63) is 28.5 Å². The van der Waals surface area contributed by atoms with Crippen molar-refractivity contribution in [1.29, 1.82) is 0 Å². The smallest absolute Gasteiger partial charge is 0.138 e. The second-order valence-corrected chi connectivity index (χ2v) is 3.56. The van der Waals surface area contributed by atoms with Crippen LogP contribution >= 0.6 is 11.6 Å². The van der Waals surface area contributed by atoms with E-state index in [0.29, 0.717) is 11.3 Å². The van der Waals surface area contributed by atoms with E-state index in [1.165, 1.54) is 12.1 Å². The maximum Gasteiger partial charge on any atom is 0.138 e. The fraction of sp³-hybridized carbons (Fsp3) is 0.400. The lowest BCUT2D eigenvalue weighted by Gasteiger charge is -2.12.